The second kappa shape index (κ2) is 9.88. The van der Waals surface area contributed by atoms with Crippen LogP contribution in [0.1, 0.15) is 22.0 Å². The zero-order chi connectivity index (χ0) is 25.1. The minimum absolute atomic E-state index is 0.0440. The molecule has 1 aromatic heterocycles. The second-order valence-electron chi connectivity index (χ2n) is 8.13. The van der Waals surface area contributed by atoms with Crippen molar-refractivity contribution in [2.75, 3.05) is 7.11 Å². The first kappa shape index (κ1) is 23.1. The number of hydrogen-bond donors (Lipinski definition) is 0. The standard InChI is InChI=1S/C30H21FO5/c1-34-26-15-12-21(16-25(26)31)29(33)30(20-10-6-3-7-11-20)35-22-13-14-23-24(19-8-4-2-5-9-19)18-28(32)36-27(23)17-22/h2-18,30H,1H3/t30-/m0/s1. The van der Waals surface area contributed by atoms with E-state index in [1.54, 1.807) is 42.5 Å². The van der Waals surface area contributed by atoms with Crippen molar-refractivity contribution < 1.29 is 23.1 Å². The third kappa shape index (κ3) is 4.61. The van der Waals surface area contributed by atoms with Crippen LogP contribution >= 0.6 is 0 Å². The molecule has 0 unspecified atom stereocenters. The van der Waals surface area contributed by atoms with Crippen LogP contribution in [0, 0.1) is 5.82 Å². The fourth-order valence-corrected chi connectivity index (χ4v) is 4.08. The molecular formula is C30H21FO5. The number of benzene rings is 4. The average Bonchev–Trinajstić information content (AvgIpc) is 2.91. The normalized spacial score (nSPS) is 11.7. The van der Waals surface area contributed by atoms with Gasteiger partial charge < -0.3 is 13.9 Å². The maximum Gasteiger partial charge on any atom is 0.336 e. The lowest BCUT2D eigenvalue weighted by Gasteiger charge is -2.19. The Hall–Kier alpha value is -4.71. The first-order valence-electron chi connectivity index (χ1n) is 11.3. The van der Waals surface area contributed by atoms with Gasteiger partial charge in [-0.15, -0.1) is 0 Å². The molecule has 0 amide bonds. The number of fused-ring (bicyclic) bond motifs is 1. The summed E-state index contributed by atoms with van der Waals surface area (Å²) in [6, 6.07) is 29.0. The molecule has 0 radical (unpaired) electrons. The van der Waals surface area contributed by atoms with Crippen molar-refractivity contribution >= 4 is 16.8 Å². The number of carbonyl (C=O) groups excluding carboxylic acids is 1. The molecule has 0 spiro atoms. The van der Waals surface area contributed by atoms with Crippen LogP contribution in [-0.4, -0.2) is 12.9 Å². The van der Waals surface area contributed by atoms with Crippen molar-refractivity contribution in [1.82, 2.24) is 0 Å². The van der Waals surface area contributed by atoms with Crippen molar-refractivity contribution in [3.8, 4) is 22.6 Å². The van der Waals surface area contributed by atoms with Gasteiger partial charge in [-0.05, 0) is 41.5 Å². The number of rotatable bonds is 7. The quantitative estimate of drug-likeness (QED) is 0.194. The summed E-state index contributed by atoms with van der Waals surface area (Å²) in [5.41, 5.74) is 2.18. The summed E-state index contributed by atoms with van der Waals surface area (Å²) in [6.45, 7) is 0. The van der Waals surface area contributed by atoms with E-state index in [4.69, 9.17) is 13.9 Å². The topological polar surface area (TPSA) is 65.7 Å². The van der Waals surface area contributed by atoms with E-state index in [0.29, 0.717) is 16.9 Å². The van der Waals surface area contributed by atoms with Crippen LogP contribution in [0.25, 0.3) is 22.1 Å². The zero-order valence-corrected chi connectivity index (χ0v) is 19.3. The summed E-state index contributed by atoms with van der Waals surface area (Å²) in [6.07, 6.45) is -1.06. The molecular weight excluding hydrogens is 459 g/mol. The summed E-state index contributed by atoms with van der Waals surface area (Å²) in [5.74, 6) is -0.701. The van der Waals surface area contributed by atoms with E-state index >= 15 is 0 Å². The van der Waals surface area contributed by atoms with Crippen LogP contribution in [0.15, 0.2) is 112 Å². The highest BCUT2D eigenvalue weighted by molar-refractivity contribution is 6.00. The second-order valence-corrected chi connectivity index (χ2v) is 8.13. The molecule has 4 aromatic carbocycles. The molecule has 0 saturated heterocycles. The Morgan fingerprint density at radius 3 is 2.28 bits per heavy atom. The van der Waals surface area contributed by atoms with E-state index in [-0.39, 0.29) is 11.3 Å². The summed E-state index contributed by atoms with van der Waals surface area (Å²) in [5, 5.41) is 0.730. The predicted octanol–water partition coefficient (Wildman–Crippen LogP) is 6.61. The number of halogens is 1. The van der Waals surface area contributed by atoms with E-state index < -0.39 is 23.3 Å². The molecule has 0 bridgehead atoms. The molecule has 0 aliphatic heterocycles. The van der Waals surface area contributed by atoms with Gasteiger partial charge in [0.2, 0.25) is 5.78 Å². The number of methoxy groups -OCH3 is 1. The van der Waals surface area contributed by atoms with Gasteiger partial charge in [0.15, 0.2) is 17.7 Å². The summed E-state index contributed by atoms with van der Waals surface area (Å²) in [4.78, 5) is 25.8. The highest BCUT2D eigenvalue weighted by Gasteiger charge is 2.25. The maximum absolute atomic E-state index is 14.3. The van der Waals surface area contributed by atoms with Gasteiger partial charge in [-0.3, -0.25) is 4.79 Å². The molecule has 6 heteroatoms. The lowest BCUT2D eigenvalue weighted by atomic mass is 9.99. The lowest BCUT2D eigenvalue weighted by Crippen LogP contribution is -2.19. The largest absolute Gasteiger partial charge is 0.494 e. The Balaban J connectivity index is 1.55. The van der Waals surface area contributed by atoms with Crippen molar-refractivity contribution in [2.24, 2.45) is 0 Å². The predicted molar refractivity (Wildman–Crippen MR) is 135 cm³/mol. The Labute approximate surface area is 206 Å². The van der Waals surface area contributed by atoms with E-state index in [1.165, 1.54) is 25.3 Å². The third-order valence-electron chi connectivity index (χ3n) is 5.83. The third-order valence-corrected chi connectivity index (χ3v) is 5.83. The van der Waals surface area contributed by atoms with Crippen molar-refractivity contribution in [2.45, 2.75) is 6.10 Å². The van der Waals surface area contributed by atoms with Gasteiger partial charge in [-0.1, -0.05) is 60.7 Å². The van der Waals surface area contributed by atoms with Crippen LogP contribution in [-0.2, 0) is 0 Å². The van der Waals surface area contributed by atoms with E-state index in [1.807, 2.05) is 36.4 Å². The van der Waals surface area contributed by atoms with Gasteiger partial charge >= 0.3 is 5.63 Å². The number of ketones is 1. The van der Waals surface area contributed by atoms with Gasteiger partial charge in [0.05, 0.1) is 7.11 Å². The Kier molecular flexibility index (Phi) is 6.33. The Morgan fingerprint density at radius 2 is 1.58 bits per heavy atom. The molecule has 0 aliphatic carbocycles. The van der Waals surface area contributed by atoms with Crippen LogP contribution in [0.2, 0.25) is 0 Å². The molecule has 36 heavy (non-hydrogen) atoms. The molecule has 5 rings (SSSR count). The van der Waals surface area contributed by atoms with Gasteiger partial charge in [0.25, 0.3) is 0 Å². The maximum atomic E-state index is 14.3. The van der Waals surface area contributed by atoms with Crippen molar-refractivity contribution in [1.29, 1.82) is 0 Å². The highest BCUT2D eigenvalue weighted by atomic mass is 19.1. The first-order chi connectivity index (χ1) is 17.5. The molecule has 0 saturated carbocycles. The molecule has 178 valence electrons. The molecule has 1 heterocycles. The van der Waals surface area contributed by atoms with Crippen molar-refractivity contribution in [3.05, 3.63) is 130 Å². The Morgan fingerprint density at radius 1 is 0.861 bits per heavy atom. The van der Waals surface area contributed by atoms with Gasteiger partial charge in [0, 0.05) is 28.6 Å². The van der Waals surface area contributed by atoms with Crippen LogP contribution in [0.5, 0.6) is 11.5 Å². The smallest absolute Gasteiger partial charge is 0.336 e. The average molecular weight is 480 g/mol. The molecule has 0 N–H and O–H groups in total. The number of ether oxygens (including phenoxy) is 2. The number of hydrogen-bond acceptors (Lipinski definition) is 5. The van der Waals surface area contributed by atoms with Crippen LogP contribution < -0.4 is 15.1 Å². The zero-order valence-electron chi connectivity index (χ0n) is 19.3. The first-order valence-corrected chi connectivity index (χ1v) is 11.3. The Bertz CT molecular complexity index is 1590. The van der Waals surface area contributed by atoms with E-state index in [0.717, 1.165) is 22.6 Å². The van der Waals surface area contributed by atoms with Gasteiger partial charge in [-0.25, -0.2) is 9.18 Å². The molecule has 0 aliphatic rings. The van der Waals surface area contributed by atoms with Gasteiger partial charge in [-0.2, -0.15) is 0 Å². The summed E-state index contributed by atoms with van der Waals surface area (Å²) < 4.78 is 30.9. The highest BCUT2D eigenvalue weighted by Crippen LogP contribution is 2.32. The van der Waals surface area contributed by atoms with E-state index in [2.05, 4.69) is 0 Å². The summed E-state index contributed by atoms with van der Waals surface area (Å²) >= 11 is 0. The molecule has 5 aromatic rings. The van der Waals surface area contributed by atoms with Crippen LogP contribution in [0.3, 0.4) is 0 Å². The number of carbonyl (C=O) groups is 1. The van der Waals surface area contributed by atoms with E-state index in [9.17, 15) is 14.0 Å². The molecule has 1 atom stereocenters. The minimum Gasteiger partial charge on any atom is -0.494 e. The van der Waals surface area contributed by atoms with Gasteiger partial charge in [0.1, 0.15) is 11.3 Å². The fraction of sp³-hybridized carbons (Fsp3) is 0.0667. The fourth-order valence-electron chi connectivity index (χ4n) is 4.08. The SMILES string of the molecule is COc1ccc(C(=O)[C@@H](Oc2ccc3c(-c4ccccc4)cc(=O)oc3c2)c2ccccc2)cc1F. The molecule has 0 fully saturated rings. The minimum atomic E-state index is -1.06. The molecule has 5 nitrogen and oxygen atoms in total. The van der Waals surface area contributed by atoms with Crippen LogP contribution in [0.4, 0.5) is 4.39 Å². The lowest BCUT2D eigenvalue weighted by molar-refractivity contribution is 0.0792. The van der Waals surface area contributed by atoms with Crippen molar-refractivity contribution in [3.63, 3.8) is 0 Å². The summed E-state index contributed by atoms with van der Waals surface area (Å²) in [7, 11) is 1.36. The monoisotopic (exact) mass is 480 g/mol. The number of Topliss-reactive ketones (excluding diaryl/α,β-unsaturated/α-hetero) is 1.